The number of carbonyl (C=O) groups excluding carboxylic acids is 2. The van der Waals surface area contributed by atoms with E-state index in [-0.39, 0.29) is 30.5 Å². The van der Waals surface area contributed by atoms with Crippen molar-refractivity contribution < 1.29 is 33.0 Å². The maximum absolute atomic E-state index is 12.4. The summed E-state index contributed by atoms with van der Waals surface area (Å²) in [7, 11) is 0. The highest BCUT2D eigenvalue weighted by molar-refractivity contribution is 5.99. The number of nitrogen functional groups attached to an aromatic ring is 2. The van der Waals surface area contributed by atoms with E-state index in [1.807, 2.05) is 12.1 Å². The van der Waals surface area contributed by atoms with Gasteiger partial charge in [-0.05, 0) is 36.6 Å². The molecule has 0 bridgehead atoms. The highest BCUT2D eigenvalue weighted by Crippen LogP contribution is 2.32. The zero-order valence-electron chi connectivity index (χ0n) is 27.4. The molecule has 18 heteroatoms. The molecule has 0 saturated heterocycles. The van der Waals surface area contributed by atoms with Crippen LogP contribution < -0.4 is 16.8 Å². The lowest BCUT2D eigenvalue weighted by atomic mass is 10.1. The van der Waals surface area contributed by atoms with Gasteiger partial charge in [0, 0.05) is 49.4 Å². The fourth-order valence-corrected chi connectivity index (χ4v) is 4.88. The Balaban J connectivity index is 1.02. The van der Waals surface area contributed by atoms with Crippen molar-refractivity contribution in [2.24, 2.45) is 5.11 Å². The third-order valence-electron chi connectivity index (χ3n) is 7.28. The van der Waals surface area contributed by atoms with Crippen LogP contribution in [0.4, 0.5) is 11.8 Å². The first-order valence-corrected chi connectivity index (χ1v) is 16.2. The fraction of sp³-hybridized carbons (Fsp3) is 0.548. The van der Waals surface area contributed by atoms with Crippen LogP contribution in [0, 0.1) is 0 Å². The molecule has 0 unspecified atom stereocenters. The fourth-order valence-electron chi connectivity index (χ4n) is 4.88. The number of aromatic nitrogens is 5. The summed E-state index contributed by atoms with van der Waals surface area (Å²) in [6.45, 7) is 4.50. The first-order chi connectivity index (χ1) is 24.0. The number of nitrogens with two attached hydrogens (primary N) is 2. The number of fused-ring (bicyclic) bond motifs is 2. The average molecular weight is 682 g/mol. The molecular weight excluding hydrogens is 638 g/mol. The summed E-state index contributed by atoms with van der Waals surface area (Å²) in [5.41, 5.74) is 23.3. The van der Waals surface area contributed by atoms with Crippen molar-refractivity contribution in [1.82, 2.24) is 30.0 Å². The molecule has 1 aromatic carbocycles. The number of carbonyl (C=O) groups is 2. The van der Waals surface area contributed by atoms with Gasteiger partial charge in [0.15, 0.2) is 11.2 Å². The van der Waals surface area contributed by atoms with Gasteiger partial charge in [0.25, 0.3) is 6.01 Å². The van der Waals surface area contributed by atoms with Crippen LogP contribution in [0.1, 0.15) is 38.5 Å². The second-order valence-electron chi connectivity index (χ2n) is 10.9. The highest BCUT2D eigenvalue weighted by atomic mass is 16.6. The van der Waals surface area contributed by atoms with Crippen molar-refractivity contribution >= 4 is 45.7 Å². The number of amides is 1. The van der Waals surface area contributed by atoms with Gasteiger partial charge in [0.2, 0.25) is 5.91 Å². The highest BCUT2D eigenvalue weighted by Gasteiger charge is 2.18. The van der Waals surface area contributed by atoms with Gasteiger partial charge in [-0.1, -0.05) is 11.5 Å². The molecule has 49 heavy (non-hydrogen) atoms. The largest absolute Gasteiger partial charge is 0.424 e. The number of hydrogen-bond donors (Lipinski definition) is 3. The number of nitrogens with zero attached hydrogens (tertiary/aromatic N) is 8. The average Bonchev–Trinajstić information content (AvgIpc) is 3.66. The number of anilines is 2. The number of aryl methyl sites for hydroxylation is 1. The lowest BCUT2D eigenvalue weighted by molar-refractivity contribution is -0.125. The molecule has 0 aliphatic rings. The predicted molar refractivity (Wildman–Crippen MR) is 180 cm³/mol. The van der Waals surface area contributed by atoms with Crippen LogP contribution >= 0.6 is 0 Å². The second kappa shape index (κ2) is 20.5. The van der Waals surface area contributed by atoms with Gasteiger partial charge in [-0.3, -0.25) is 9.59 Å². The van der Waals surface area contributed by atoms with E-state index >= 15 is 0 Å². The van der Waals surface area contributed by atoms with Crippen LogP contribution in [0.3, 0.4) is 0 Å². The van der Waals surface area contributed by atoms with Crippen molar-refractivity contribution in [3.05, 3.63) is 35.0 Å². The summed E-state index contributed by atoms with van der Waals surface area (Å²) in [4.78, 5) is 39.9. The van der Waals surface area contributed by atoms with E-state index in [0.717, 1.165) is 18.4 Å². The second-order valence-corrected chi connectivity index (χ2v) is 10.9. The third-order valence-corrected chi connectivity index (χ3v) is 7.28. The lowest BCUT2D eigenvalue weighted by Gasteiger charge is -2.08. The van der Waals surface area contributed by atoms with Crippen LogP contribution in [-0.2, 0) is 35.1 Å². The summed E-state index contributed by atoms with van der Waals surface area (Å²) in [5.74, 6) is 0.208. The molecule has 0 saturated carbocycles. The Kier molecular flexibility index (Phi) is 15.5. The molecular formula is C31H43N11O7. The zero-order chi connectivity index (χ0) is 34.7. The molecule has 264 valence electrons. The van der Waals surface area contributed by atoms with E-state index < -0.39 is 0 Å². The summed E-state index contributed by atoms with van der Waals surface area (Å²) >= 11 is 0. The van der Waals surface area contributed by atoms with Crippen LogP contribution in [0.25, 0.3) is 43.8 Å². The minimum Gasteiger partial charge on any atom is -0.424 e. The van der Waals surface area contributed by atoms with Gasteiger partial charge in [-0.2, -0.15) is 10.1 Å². The number of ketones is 1. The Labute approximate surface area is 282 Å². The molecule has 4 rings (SSSR count). The normalized spacial score (nSPS) is 11.3. The topological polar surface area (TPSA) is 254 Å². The Bertz CT molecular complexity index is 1690. The molecule has 0 aliphatic carbocycles. The molecule has 0 radical (unpaired) electrons. The van der Waals surface area contributed by atoms with Gasteiger partial charge in [-0.15, -0.1) is 0 Å². The number of oxazole rings is 1. The first kappa shape index (κ1) is 37.0. The molecule has 18 nitrogen and oxygen atoms in total. The quantitative estimate of drug-likeness (QED) is 0.0394. The smallest absolute Gasteiger partial charge is 0.292 e. The van der Waals surface area contributed by atoms with E-state index in [0.29, 0.717) is 119 Å². The maximum atomic E-state index is 12.4. The Morgan fingerprint density at radius 3 is 2.41 bits per heavy atom. The molecule has 1 amide bonds. The number of azide groups is 1. The Morgan fingerprint density at radius 2 is 1.65 bits per heavy atom. The summed E-state index contributed by atoms with van der Waals surface area (Å²) < 4.78 is 28.6. The summed E-state index contributed by atoms with van der Waals surface area (Å²) in [6.07, 6.45) is 4.48. The molecule has 0 spiro atoms. The van der Waals surface area contributed by atoms with E-state index in [1.54, 1.807) is 10.7 Å². The molecule has 3 heterocycles. The van der Waals surface area contributed by atoms with Crippen molar-refractivity contribution in [2.45, 2.75) is 45.1 Å². The standard InChI is InChI=1S/C31H43N11O7/c32-29-27-28(22-5-7-25-24(20-22)39-31(33)49-25)40-42(30(27)37-21-36-29)11-3-1-2-4-23(43)6-8-26(44)35-9-12-45-14-16-47-18-19-48-17-15-46-13-10-38-41-34/h5,7,20-21H,1-4,6,8-19H2,(H2,33,39)(H,35,44)(H2,32,36,37). The molecule has 0 aliphatic heterocycles. The SMILES string of the molecule is [N-]=[N+]=NCCOCCOCCOCCOCCNC(=O)CCC(=O)CCCCCn1nc(-c2ccc3oc(N)nc3c2)c2c(N)ncnc21. The molecule has 0 fully saturated rings. The first-order valence-electron chi connectivity index (χ1n) is 16.2. The van der Waals surface area contributed by atoms with Gasteiger partial charge in [-0.25, -0.2) is 14.6 Å². The third kappa shape index (κ3) is 12.3. The predicted octanol–water partition coefficient (Wildman–Crippen LogP) is 3.20. The minimum atomic E-state index is -0.180. The van der Waals surface area contributed by atoms with E-state index in [4.69, 9.17) is 45.5 Å². The van der Waals surface area contributed by atoms with Gasteiger partial charge in [0.1, 0.15) is 29.1 Å². The van der Waals surface area contributed by atoms with Crippen molar-refractivity contribution in [3.63, 3.8) is 0 Å². The van der Waals surface area contributed by atoms with Crippen LogP contribution in [0.2, 0.25) is 0 Å². The van der Waals surface area contributed by atoms with Gasteiger partial charge in [0.05, 0.1) is 58.2 Å². The van der Waals surface area contributed by atoms with Crippen LogP contribution in [-0.4, -0.2) is 102 Å². The lowest BCUT2D eigenvalue weighted by Crippen LogP contribution is -2.28. The minimum absolute atomic E-state index is 0.0570. The number of rotatable bonds is 25. The number of ether oxygens (including phenoxy) is 4. The zero-order valence-corrected chi connectivity index (χ0v) is 27.4. The van der Waals surface area contributed by atoms with E-state index in [1.165, 1.54) is 6.33 Å². The van der Waals surface area contributed by atoms with Gasteiger partial charge < -0.3 is 40.1 Å². The maximum Gasteiger partial charge on any atom is 0.292 e. The number of unbranched alkanes of at least 4 members (excludes halogenated alkanes) is 2. The van der Waals surface area contributed by atoms with Crippen molar-refractivity contribution in [3.8, 4) is 11.3 Å². The molecule has 3 aromatic heterocycles. The van der Waals surface area contributed by atoms with E-state index in [9.17, 15) is 9.59 Å². The molecule has 4 aromatic rings. The summed E-state index contributed by atoms with van der Waals surface area (Å²) in [5, 5.41) is 11.6. The summed E-state index contributed by atoms with van der Waals surface area (Å²) in [6, 6.07) is 5.58. The van der Waals surface area contributed by atoms with Crippen molar-refractivity contribution in [1.29, 1.82) is 0 Å². The van der Waals surface area contributed by atoms with E-state index in [2.05, 4.69) is 30.3 Å². The Morgan fingerprint density at radius 1 is 0.918 bits per heavy atom. The van der Waals surface area contributed by atoms with Crippen molar-refractivity contribution in [2.75, 3.05) is 77.4 Å². The number of hydrogen-bond acceptors (Lipinski definition) is 14. The Hall–Kier alpha value is -4.87. The number of benzene rings is 1. The molecule has 0 atom stereocenters. The number of Topliss-reactive ketones (excluding diaryl/α,β-unsaturated/α-hetero) is 1. The molecule has 5 N–H and O–H groups in total. The van der Waals surface area contributed by atoms with Crippen LogP contribution in [0.15, 0.2) is 34.1 Å². The van der Waals surface area contributed by atoms with Crippen LogP contribution in [0.5, 0.6) is 0 Å². The van der Waals surface area contributed by atoms with Gasteiger partial charge >= 0.3 is 0 Å². The monoisotopic (exact) mass is 681 g/mol. The number of nitrogens with one attached hydrogen (secondary N) is 1.